The number of methoxy groups -OCH3 is 1. The van der Waals surface area contributed by atoms with Crippen LogP contribution in [-0.4, -0.2) is 50.6 Å². The highest BCUT2D eigenvalue weighted by molar-refractivity contribution is 5.79. The molecule has 0 bridgehead atoms. The third-order valence-corrected chi connectivity index (χ3v) is 6.44. The second kappa shape index (κ2) is 10.0. The first-order valence-corrected chi connectivity index (χ1v) is 11.2. The molecule has 2 aromatic carbocycles. The molecular weight excluding hydrogens is 407 g/mol. The van der Waals surface area contributed by atoms with Crippen molar-refractivity contribution in [3.8, 4) is 11.8 Å². The number of hydrogen-bond donors (Lipinski definition) is 1. The fourth-order valence-electron chi connectivity index (χ4n) is 4.63. The van der Waals surface area contributed by atoms with Crippen molar-refractivity contribution in [2.75, 3.05) is 44.7 Å². The lowest BCUT2D eigenvalue weighted by Gasteiger charge is -2.34. The molecular formula is C25H29FN4O2. The summed E-state index contributed by atoms with van der Waals surface area (Å²) in [7, 11) is 1.69. The molecule has 7 heteroatoms. The average molecular weight is 437 g/mol. The van der Waals surface area contributed by atoms with Crippen molar-refractivity contribution in [1.29, 1.82) is 5.26 Å². The Kier molecular flexibility index (Phi) is 6.91. The first-order valence-electron chi connectivity index (χ1n) is 11.2. The predicted molar refractivity (Wildman–Crippen MR) is 121 cm³/mol. The first kappa shape index (κ1) is 22.1. The van der Waals surface area contributed by atoms with Gasteiger partial charge in [-0.25, -0.2) is 4.39 Å². The van der Waals surface area contributed by atoms with Gasteiger partial charge in [-0.15, -0.1) is 0 Å². The fraction of sp³-hybridized carbons (Fsp3) is 0.440. The maximum atomic E-state index is 14.4. The van der Waals surface area contributed by atoms with Crippen LogP contribution in [0, 0.1) is 23.1 Å². The fourth-order valence-corrected chi connectivity index (χ4v) is 4.63. The van der Waals surface area contributed by atoms with Gasteiger partial charge in [0.15, 0.2) is 0 Å². The molecule has 0 aromatic heterocycles. The van der Waals surface area contributed by atoms with E-state index in [1.807, 2.05) is 17.0 Å². The molecule has 32 heavy (non-hydrogen) atoms. The number of nitriles is 1. The van der Waals surface area contributed by atoms with Crippen LogP contribution in [0.25, 0.3) is 0 Å². The lowest BCUT2D eigenvalue weighted by atomic mass is 9.96. The van der Waals surface area contributed by atoms with Crippen LogP contribution < -0.4 is 15.0 Å². The van der Waals surface area contributed by atoms with Crippen LogP contribution in [0.2, 0.25) is 0 Å². The van der Waals surface area contributed by atoms with E-state index in [2.05, 4.69) is 22.3 Å². The van der Waals surface area contributed by atoms with Crippen molar-refractivity contribution in [3.63, 3.8) is 0 Å². The van der Waals surface area contributed by atoms with Gasteiger partial charge in [-0.1, -0.05) is 6.07 Å². The normalized spacial score (nSPS) is 18.5. The van der Waals surface area contributed by atoms with E-state index in [1.165, 1.54) is 17.2 Å². The molecule has 2 aliphatic rings. The van der Waals surface area contributed by atoms with E-state index in [1.54, 1.807) is 19.2 Å². The van der Waals surface area contributed by atoms with E-state index in [-0.39, 0.29) is 11.8 Å². The molecule has 2 aromatic rings. The molecule has 1 unspecified atom stereocenters. The molecule has 0 saturated carbocycles. The van der Waals surface area contributed by atoms with E-state index < -0.39 is 5.82 Å². The Morgan fingerprint density at radius 3 is 2.91 bits per heavy atom. The van der Waals surface area contributed by atoms with E-state index in [4.69, 9.17) is 10.00 Å². The summed E-state index contributed by atoms with van der Waals surface area (Å²) in [5, 5.41) is 12.0. The largest absolute Gasteiger partial charge is 0.497 e. The molecule has 168 valence electrons. The topological polar surface area (TPSA) is 68.6 Å². The van der Waals surface area contributed by atoms with Gasteiger partial charge in [-0.2, -0.15) is 5.26 Å². The van der Waals surface area contributed by atoms with E-state index >= 15 is 0 Å². The Morgan fingerprint density at radius 1 is 1.25 bits per heavy atom. The number of hydrogen-bond acceptors (Lipinski definition) is 5. The van der Waals surface area contributed by atoms with Crippen molar-refractivity contribution >= 4 is 11.6 Å². The third-order valence-electron chi connectivity index (χ3n) is 6.44. The lowest BCUT2D eigenvalue weighted by molar-refractivity contribution is -0.125. The molecule has 1 atom stereocenters. The number of rotatable bonds is 6. The van der Waals surface area contributed by atoms with Gasteiger partial charge in [0.2, 0.25) is 5.91 Å². The number of ether oxygens (including phenoxy) is 1. The minimum atomic E-state index is -0.409. The maximum Gasteiger partial charge on any atom is 0.224 e. The molecule has 1 N–H and O–H groups in total. The summed E-state index contributed by atoms with van der Waals surface area (Å²) in [6, 6.07) is 12.7. The number of benzene rings is 2. The first-order chi connectivity index (χ1) is 15.6. The second-order valence-electron chi connectivity index (χ2n) is 8.51. The third kappa shape index (κ3) is 5.03. The number of nitrogens with one attached hydrogen (secondary N) is 1. The zero-order valence-electron chi connectivity index (χ0n) is 18.4. The Morgan fingerprint density at radius 2 is 2.12 bits per heavy atom. The number of carbonyl (C=O) groups excluding carboxylic acids is 1. The summed E-state index contributed by atoms with van der Waals surface area (Å²) in [6.45, 7) is 4.46. The molecule has 6 nitrogen and oxygen atoms in total. The summed E-state index contributed by atoms with van der Waals surface area (Å²) in [6.07, 6.45) is 2.62. The van der Waals surface area contributed by atoms with Crippen molar-refractivity contribution < 1.29 is 13.9 Å². The molecule has 1 saturated heterocycles. The summed E-state index contributed by atoms with van der Waals surface area (Å²) in [5.74, 6) is 0.360. The zero-order valence-corrected chi connectivity index (χ0v) is 18.4. The highest BCUT2D eigenvalue weighted by Gasteiger charge is 2.27. The summed E-state index contributed by atoms with van der Waals surface area (Å²) in [5.41, 5.74) is 3.42. The zero-order chi connectivity index (χ0) is 22.5. The minimum absolute atomic E-state index is 0.0332. The van der Waals surface area contributed by atoms with Crippen LogP contribution in [0.3, 0.4) is 0 Å². The van der Waals surface area contributed by atoms with Gasteiger partial charge < -0.3 is 15.0 Å². The van der Waals surface area contributed by atoms with E-state index in [9.17, 15) is 9.18 Å². The van der Waals surface area contributed by atoms with Crippen LogP contribution in [-0.2, 0) is 17.8 Å². The molecule has 2 heterocycles. The Balaban J connectivity index is 1.26. The lowest BCUT2D eigenvalue weighted by Crippen LogP contribution is -2.45. The SMILES string of the molecule is COc1ccc2c(c1)CCN(CCNC(=O)C1CCCN(c3ccc(C#N)cc3F)C1)C2. The van der Waals surface area contributed by atoms with Gasteiger partial charge in [0.1, 0.15) is 11.6 Å². The second-order valence-corrected chi connectivity index (χ2v) is 8.51. The van der Waals surface area contributed by atoms with E-state index in [0.29, 0.717) is 30.9 Å². The number of piperidine rings is 1. The summed E-state index contributed by atoms with van der Waals surface area (Å²) in [4.78, 5) is 17.0. The monoisotopic (exact) mass is 436 g/mol. The smallest absolute Gasteiger partial charge is 0.224 e. The summed E-state index contributed by atoms with van der Waals surface area (Å²) >= 11 is 0. The van der Waals surface area contributed by atoms with Crippen molar-refractivity contribution in [1.82, 2.24) is 10.2 Å². The molecule has 4 rings (SSSR count). The number of fused-ring (bicyclic) bond motifs is 1. The molecule has 1 fully saturated rings. The molecule has 1 amide bonds. The van der Waals surface area contributed by atoms with Crippen LogP contribution in [0.15, 0.2) is 36.4 Å². The van der Waals surface area contributed by atoms with Crippen LogP contribution in [0.1, 0.15) is 29.5 Å². The van der Waals surface area contributed by atoms with Crippen molar-refractivity contribution in [3.05, 3.63) is 58.9 Å². The van der Waals surface area contributed by atoms with Gasteiger partial charge in [-0.05, 0) is 60.7 Å². The van der Waals surface area contributed by atoms with Gasteiger partial charge in [0, 0.05) is 39.3 Å². The quantitative estimate of drug-likeness (QED) is 0.754. The number of amides is 1. The Bertz CT molecular complexity index is 1020. The van der Waals surface area contributed by atoms with Gasteiger partial charge in [0.25, 0.3) is 0 Å². The molecule has 0 aliphatic carbocycles. The number of carbonyl (C=O) groups is 1. The van der Waals surface area contributed by atoms with Crippen LogP contribution >= 0.6 is 0 Å². The van der Waals surface area contributed by atoms with Crippen LogP contribution in [0.4, 0.5) is 10.1 Å². The number of nitrogens with zero attached hydrogens (tertiary/aromatic N) is 3. The van der Waals surface area contributed by atoms with Crippen molar-refractivity contribution in [2.24, 2.45) is 5.92 Å². The maximum absolute atomic E-state index is 14.4. The Hall–Kier alpha value is -3.11. The minimum Gasteiger partial charge on any atom is -0.497 e. The molecule has 0 spiro atoms. The molecule has 2 aliphatic heterocycles. The van der Waals surface area contributed by atoms with Gasteiger partial charge in [0.05, 0.1) is 30.3 Å². The highest BCUT2D eigenvalue weighted by Crippen LogP contribution is 2.27. The standard InChI is InChI=1S/C25H29FN4O2/c1-32-22-6-5-20-16-29(11-8-19(20)14-22)12-9-28-25(31)21-3-2-10-30(17-21)24-7-4-18(15-27)13-23(24)26/h4-7,13-14,21H,2-3,8-12,16-17H2,1H3,(H,28,31). The number of halogens is 1. The molecule has 0 radical (unpaired) electrons. The van der Waals surface area contributed by atoms with Crippen molar-refractivity contribution in [2.45, 2.75) is 25.8 Å². The average Bonchev–Trinajstić information content (AvgIpc) is 2.83. The van der Waals surface area contributed by atoms with Crippen LogP contribution in [0.5, 0.6) is 5.75 Å². The van der Waals surface area contributed by atoms with E-state index in [0.717, 1.165) is 44.6 Å². The highest BCUT2D eigenvalue weighted by atomic mass is 19.1. The summed E-state index contributed by atoms with van der Waals surface area (Å²) < 4.78 is 19.7. The number of anilines is 1. The Labute approximate surface area is 188 Å². The predicted octanol–water partition coefficient (Wildman–Crippen LogP) is 3.10. The van der Waals surface area contributed by atoms with Gasteiger partial charge in [-0.3, -0.25) is 9.69 Å². The van der Waals surface area contributed by atoms with Gasteiger partial charge >= 0.3 is 0 Å².